The van der Waals surface area contributed by atoms with Crippen LogP contribution >= 0.6 is 27.5 Å². The zero-order valence-corrected chi connectivity index (χ0v) is 28.2. The Balaban J connectivity index is 1.27. The van der Waals surface area contributed by atoms with Crippen molar-refractivity contribution in [3.05, 3.63) is 115 Å². The summed E-state index contributed by atoms with van der Waals surface area (Å²) in [6.45, 7) is 3.33. The molecule has 1 fully saturated rings. The molecule has 0 saturated heterocycles. The minimum Gasteiger partial charge on any atom is -0.490 e. The monoisotopic (exact) mass is 734 g/mol. The van der Waals surface area contributed by atoms with Crippen LogP contribution in [0.1, 0.15) is 57.8 Å². The van der Waals surface area contributed by atoms with E-state index in [4.69, 9.17) is 20.8 Å². The van der Waals surface area contributed by atoms with E-state index in [1.165, 1.54) is 21.3 Å². The van der Waals surface area contributed by atoms with Crippen LogP contribution in [0.2, 0.25) is 5.02 Å². The lowest BCUT2D eigenvalue weighted by Crippen LogP contribution is -2.47. The van der Waals surface area contributed by atoms with Crippen molar-refractivity contribution in [2.24, 2.45) is 0 Å². The third kappa shape index (κ3) is 6.03. The van der Waals surface area contributed by atoms with Gasteiger partial charge < -0.3 is 19.4 Å². The average Bonchev–Trinajstić information content (AvgIpc) is 3.71. The molecule has 1 aliphatic carbocycles. The van der Waals surface area contributed by atoms with Gasteiger partial charge in [-0.2, -0.15) is 0 Å². The first-order chi connectivity index (χ1) is 23.1. The Morgan fingerprint density at radius 3 is 2.58 bits per heavy atom. The minimum absolute atomic E-state index is 0.0286. The summed E-state index contributed by atoms with van der Waals surface area (Å²) in [4.78, 5) is 43.6. The third-order valence-corrected chi connectivity index (χ3v) is 9.64. The van der Waals surface area contributed by atoms with Crippen LogP contribution in [0.4, 0.5) is 4.39 Å². The van der Waals surface area contributed by atoms with Crippen LogP contribution in [0, 0.1) is 12.7 Å². The Kier molecular flexibility index (Phi) is 8.42. The molecule has 1 N–H and O–H groups in total. The maximum atomic E-state index is 15.2. The smallest absolute Gasteiger partial charge is 0.333 e. The number of nitrogens with zero attached hydrogens (tertiary/aromatic N) is 5. The number of nitrogens with one attached hydrogen (secondary N) is 1. The molecule has 2 aromatic heterocycles. The van der Waals surface area contributed by atoms with Crippen molar-refractivity contribution in [1.82, 2.24) is 29.5 Å². The van der Waals surface area contributed by atoms with Gasteiger partial charge in [0, 0.05) is 47.2 Å². The first kappa shape index (κ1) is 31.8. The molecule has 48 heavy (non-hydrogen) atoms. The molecule has 246 valence electrons. The SMILES string of the molecule is Cc1nnc(-c2cccc(F)c2CNC(=O)c2c3n(c(=O)n2-c2ccc(OC4CC4)cc2)C[C@@H](C)N(C(=O)c2ccc(Br)c(Cl)c2)C3)o1. The highest BCUT2D eigenvalue weighted by Crippen LogP contribution is 2.30. The summed E-state index contributed by atoms with van der Waals surface area (Å²) in [5.41, 5.74) is 1.20. The molecule has 0 bridgehead atoms. The third-order valence-electron chi connectivity index (χ3n) is 8.41. The summed E-state index contributed by atoms with van der Waals surface area (Å²) in [6, 6.07) is 15.9. The van der Waals surface area contributed by atoms with Crippen LogP contribution in [0.5, 0.6) is 5.75 Å². The van der Waals surface area contributed by atoms with Gasteiger partial charge >= 0.3 is 5.69 Å². The van der Waals surface area contributed by atoms with E-state index in [2.05, 4.69) is 31.4 Å². The van der Waals surface area contributed by atoms with Crippen molar-refractivity contribution in [1.29, 1.82) is 0 Å². The summed E-state index contributed by atoms with van der Waals surface area (Å²) in [5, 5.41) is 11.0. The predicted molar refractivity (Wildman–Crippen MR) is 178 cm³/mol. The van der Waals surface area contributed by atoms with E-state index in [9.17, 15) is 14.4 Å². The molecule has 2 aliphatic rings. The van der Waals surface area contributed by atoms with Crippen LogP contribution in [0.15, 0.2) is 74.3 Å². The molecule has 5 aromatic rings. The highest BCUT2D eigenvalue weighted by molar-refractivity contribution is 9.10. The van der Waals surface area contributed by atoms with E-state index in [-0.39, 0.29) is 54.8 Å². The van der Waals surface area contributed by atoms with E-state index >= 15 is 4.39 Å². The molecule has 0 unspecified atom stereocenters. The Morgan fingerprint density at radius 1 is 1.12 bits per heavy atom. The van der Waals surface area contributed by atoms with Gasteiger partial charge in [0.15, 0.2) is 0 Å². The van der Waals surface area contributed by atoms with Crippen LogP contribution in [0.25, 0.3) is 17.1 Å². The number of carbonyl (C=O) groups is 2. The van der Waals surface area contributed by atoms with Gasteiger partial charge in [-0.1, -0.05) is 17.7 Å². The number of carbonyl (C=O) groups excluding carboxylic acids is 2. The first-order valence-electron chi connectivity index (χ1n) is 15.3. The topological polar surface area (TPSA) is 124 Å². The quantitative estimate of drug-likeness (QED) is 0.205. The number of ether oxygens (including phenoxy) is 1. The van der Waals surface area contributed by atoms with Gasteiger partial charge in [-0.15, -0.1) is 10.2 Å². The molecule has 2 amide bonds. The lowest BCUT2D eigenvalue weighted by molar-refractivity contribution is 0.0610. The van der Waals surface area contributed by atoms with E-state index < -0.39 is 17.4 Å². The van der Waals surface area contributed by atoms with E-state index in [1.807, 2.05) is 6.92 Å². The van der Waals surface area contributed by atoms with Crippen molar-refractivity contribution >= 4 is 39.3 Å². The summed E-state index contributed by atoms with van der Waals surface area (Å²) >= 11 is 9.65. The number of halogens is 3. The van der Waals surface area contributed by atoms with Crippen molar-refractivity contribution in [2.75, 3.05) is 0 Å². The number of amides is 2. The fourth-order valence-electron chi connectivity index (χ4n) is 5.80. The molecule has 1 saturated carbocycles. The summed E-state index contributed by atoms with van der Waals surface area (Å²) in [7, 11) is 0. The molecular formula is C34H29BrClFN6O5. The number of hydrogen-bond acceptors (Lipinski definition) is 7. The van der Waals surface area contributed by atoms with Crippen molar-refractivity contribution in [3.63, 3.8) is 0 Å². The van der Waals surface area contributed by atoms with Crippen molar-refractivity contribution in [2.45, 2.75) is 58.5 Å². The molecule has 3 heterocycles. The highest BCUT2D eigenvalue weighted by Gasteiger charge is 2.36. The van der Waals surface area contributed by atoms with E-state index in [0.717, 1.165) is 12.8 Å². The molecule has 0 spiro atoms. The maximum Gasteiger partial charge on any atom is 0.333 e. The highest BCUT2D eigenvalue weighted by atomic mass is 79.9. The largest absolute Gasteiger partial charge is 0.490 e. The van der Waals surface area contributed by atoms with Crippen LogP contribution in [-0.4, -0.2) is 48.2 Å². The van der Waals surface area contributed by atoms with Crippen LogP contribution in [0.3, 0.4) is 0 Å². The number of aryl methyl sites for hydroxylation is 1. The Morgan fingerprint density at radius 2 is 1.90 bits per heavy atom. The minimum atomic E-state index is -0.635. The fraction of sp³-hybridized carbons (Fsp3) is 0.265. The second-order valence-electron chi connectivity index (χ2n) is 11.8. The van der Waals surface area contributed by atoms with Gasteiger partial charge in [-0.3, -0.25) is 18.7 Å². The molecule has 0 radical (unpaired) electrons. The molecule has 14 heteroatoms. The second-order valence-corrected chi connectivity index (χ2v) is 13.1. The van der Waals surface area contributed by atoms with Gasteiger partial charge in [0.2, 0.25) is 11.8 Å². The molecule has 1 atom stereocenters. The van der Waals surface area contributed by atoms with Crippen molar-refractivity contribution < 1.29 is 23.1 Å². The number of rotatable bonds is 8. The summed E-state index contributed by atoms with van der Waals surface area (Å²) in [6.07, 6.45) is 2.17. The van der Waals surface area contributed by atoms with Crippen LogP contribution in [-0.2, 0) is 19.6 Å². The molecule has 3 aromatic carbocycles. The number of benzene rings is 3. The normalized spacial score (nSPS) is 15.7. The summed E-state index contributed by atoms with van der Waals surface area (Å²) < 4.78 is 30.1. The molecule has 7 rings (SSSR count). The van der Waals surface area contributed by atoms with Gasteiger partial charge in [-0.05, 0) is 90.3 Å². The number of imidazole rings is 1. The fourth-order valence-corrected chi connectivity index (χ4v) is 6.23. The maximum absolute atomic E-state index is 15.2. The van der Waals surface area contributed by atoms with Crippen molar-refractivity contribution in [3.8, 4) is 22.9 Å². The van der Waals surface area contributed by atoms with Gasteiger partial charge in [0.05, 0.1) is 29.1 Å². The Bertz CT molecular complexity index is 2120. The summed E-state index contributed by atoms with van der Waals surface area (Å²) in [5.74, 6) is -0.443. The van der Waals surface area contributed by atoms with Crippen LogP contribution < -0.4 is 15.7 Å². The molecule has 11 nitrogen and oxygen atoms in total. The second kappa shape index (κ2) is 12.7. The van der Waals surface area contributed by atoms with E-state index in [0.29, 0.717) is 43.6 Å². The standard InChI is InChI=1S/C34H29BrClFN6O5/c1-18-16-42-29(17-41(18)33(45)20-6-13-26(35)27(36)14-20)30(43(34(42)46)21-7-9-22(10-8-21)48-23-11-12-23)31(44)38-15-25-24(4-3-5-28(25)37)32-40-39-19(2)47-32/h3-10,13-14,18,23H,11-12,15-17H2,1-2H3,(H,38,44)/t18-/m1/s1. The lowest BCUT2D eigenvalue weighted by Gasteiger charge is -2.34. The van der Waals surface area contributed by atoms with Gasteiger partial charge in [-0.25, -0.2) is 9.18 Å². The van der Waals surface area contributed by atoms with Gasteiger partial charge in [0.25, 0.3) is 11.8 Å². The zero-order chi connectivity index (χ0) is 33.7. The first-order valence-corrected chi connectivity index (χ1v) is 16.5. The number of fused-ring (bicyclic) bond motifs is 1. The molecular weight excluding hydrogens is 707 g/mol. The Hall–Kier alpha value is -4.75. The van der Waals surface area contributed by atoms with E-state index in [1.54, 1.807) is 60.4 Å². The predicted octanol–water partition coefficient (Wildman–Crippen LogP) is 6.07. The zero-order valence-electron chi connectivity index (χ0n) is 25.9. The Labute approximate surface area is 287 Å². The number of aromatic nitrogens is 4. The molecule has 1 aliphatic heterocycles. The number of hydrogen-bond donors (Lipinski definition) is 1. The van der Waals surface area contributed by atoms with Gasteiger partial charge in [0.1, 0.15) is 17.3 Å². The lowest BCUT2D eigenvalue weighted by atomic mass is 10.1. The average molecular weight is 736 g/mol.